The maximum absolute atomic E-state index is 13.8. The molecule has 1 aliphatic rings. The molecule has 1 aromatic carbocycles. The summed E-state index contributed by atoms with van der Waals surface area (Å²) in [5.41, 5.74) is -0.265. The molecule has 8 heteroatoms. The van der Waals surface area contributed by atoms with Crippen molar-refractivity contribution < 1.29 is 28.3 Å². The fraction of sp³-hybridized carbons (Fsp3) is 0.278. The Morgan fingerprint density at radius 3 is 2.31 bits per heavy atom. The van der Waals surface area contributed by atoms with E-state index >= 15 is 0 Å². The number of ketones is 1. The molecule has 2 aromatic rings. The number of aromatic carboxylic acids is 1. The smallest absolute Gasteiger partial charge is 0.345 e. The number of hydrogen-bond donors (Lipinski definition) is 1. The van der Waals surface area contributed by atoms with Crippen molar-refractivity contribution in [2.45, 2.75) is 12.8 Å². The van der Waals surface area contributed by atoms with E-state index in [1.165, 1.54) is 12.1 Å². The molecule has 0 unspecified atom stereocenters. The lowest BCUT2D eigenvalue weighted by Gasteiger charge is -2.31. The van der Waals surface area contributed by atoms with E-state index in [9.17, 15) is 23.2 Å². The van der Waals surface area contributed by atoms with Crippen molar-refractivity contribution in [3.8, 4) is 0 Å². The van der Waals surface area contributed by atoms with Crippen molar-refractivity contribution >= 4 is 29.0 Å². The third kappa shape index (κ3) is 3.65. The van der Waals surface area contributed by atoms with Crippen LogP contribution in [0.25, 0.3) is 0 Å². The first-order valence-electron chi connectivity index (χ1n) is 7.98. The van der Waals surface area contributed by atoms with Gasteiger partial charge >= 0.3 is 5.97 Å². The van der Waals surface area contributed by atoms with E-state index in [1.807, 2.05) is 0 Å². The van der Waals surface area contributed by atoms with Gasteiger partial charge in [0.2, 0.25) is 0 Å². The zero-order valence-electron chi connectivity index (χ0n) is 13.6. The Balaban J connectivity index is 1.65. The van der Waals surface area contributed by atoms with Gasteiger partial charge in [0.15, 0.2) is 5.78 Å². The number of carbonyl (C=O) groups excluding carboxylic acids is 2. The summed E-state index contributed by atoms with van der Waals surface area (Å²) in [4.78, 5) is 37.7. The molecule has 0 atom stereocenters. The van der Waals surface area contributed by atoms with Crippen molar-refractivity contribution in [2.75, 3.05) is 13.1 Å². The Bertz CT molecular complexity index is 872. The third-order valence-electron chi connectivity index (χ3n) is 4.37. The molecule has 1 amide bonds. The van der Waals surface area contributed by atoms with Gasteiger partial charge in [0.25, 0.3) is 5.91 Å². The fourth-order valence-corrected chi connectivity index (χ4v) is 3.79. The summed E-state index contributed by atoms with van der Waals surface area (Å²) >= 11 is 0.901. The van der Waals surface area contributed by atoms with E-state index in [0.717, 1.165) is 29.5 Å². The number of carbonyl (C=O) groups is 3. The van der Waals surface area contributed by atoms with Crippen LogP contribution in [0.4, 0.5) is 8.78 Å². The monoisotopic (exact) mass is 379 g/mol. The quantitative estimate of drug-likeness (QED) is 0.826. The molecule has 1 fully saturated rings. The normalized spacial score (nSPS) is 15.1. The van der Waals surface area contributed by atoms with Crippen LogP contribution in [0.5, 0.6) is 0 Å². The minimum Gasteiger partial charge on any atom is -0.477 e. The second kappa shape index (κ2) is 7.33. The second-order valence-electron chi connectivity index (χ2n) is 6.02. The number of nitrogens with zero attached hydrogens (tertiary/aromatic N) is 1. The van der Waals surface area contributed by atoms with Gasteiger partial charge in [-0.15, -0.1) is 11.3 Å². The largest absolute Gasteiger partial charge is 0.477 e. The molecule has 26 heavy (non-hydrogen) atoms. The average molecular weight is 379 g/mol. The van der Waals surface area contributed by atoms with E-state index in [0.29, 0.717) is 30.8 Å². The van der Waals surface area contributed by atoms with Gasteiger partial charge in [-0.05, 0) is 43.2 Å². The Morgan fingerprint density at radius 2 is 1.69 bits per heavy atom. The second-order valence-corrected chi connectivity index (χ2v) is 7.11. The number of benzene rings is 1. The molecule has 0 radical (unpaired) electrons. The van der Waals surface area contributed by atoms with Crippen molar-refractivity contribution in [2.24, 2.45) is 5.92 Å². The number of likely N-dealkylation sites (tertiary alicyclic amines) is 1. The van der Waals surface area contributed by atoms with Crippen molar-refractivity contribution in [3.63, 3.8) is 0 Å². The van der Waals surface area contributed by atoms with Crippen LogP contribution in [0.3, 0.4) is 0 Å². The molecule has 1 aliphatic heterocycles. The molecule has 2 heterocycles. The summed E-state index contributed by atoms with van der Waals surface area (Å²) in [6.45, 7) is 0.596. The number of Topliss-reactive ketones (excluding diaryl/α,β-unsaturated/α-hetero) is 1. The summed E-state index contributed by atoms with van der Waals surface area (Å²) < 4.78 is 27.0. The summed E-state index contributed by atoms with van der Waals surface area (Å²) in [6.07, 6.45) is 0.690. The third-order valence-corrected chi connectivity index (χ3v) is 5.44. The van der Waals surface area contributed by atoms with E-state index in [2.05, 4.69) is 0 Å². The van der Waals surface area contributed by atoms with Crippen LogP contribution in [0.1, 0.15) is 42.5 Å². The summed E-state index contributed by atoms with van der Waals surface area (Å²) in [6, 6.07) is 5.63. The molecule has 5 nitrogen and oxygen atoms in total. The number of thiophene rings is 1. The van der Waals surface area contributed by atoms with Gasteiger partial charge in [-0.1, -0.05) is 0 Å². The average Bonchev–Trinajstić information content (AvgIpc) is 3.13. The van der Waals surface area contributed by atoms with Gasteiger partial charge in [-0.3, -0.25) is 9.59 Å². The van der Waals surface area contributed by atoms with E-state index in [4.69, 9.17) is 5.11 Å². The Kier molecular flexibility index (Phi) is 5.13. The number of amides is 1. The van der Waals surface area contributed by atoms with Crippen molar-refractivity contribution in [3.05, 3.63) is 57.3 Å². The first-order chi connectivity index (χ1) is 12.4. The highest BCUT2D eigenvalue weighted by atomic mass is 32.1. The van der Waals surface area contributed by atoms with Crippen LogP contribution in [-0.2, 0) is 0 Å². The highest BCUT2D eigenvalue weighted by Crippen LogP contribution is 2.26. The molecule has 3 rings (SSSR count). The summed E-state index contributed by atoms with van der Waals surface area (Å²) in [7, 11) is 0. The Morgan fingerprint density at radius 1 is 1.04 bits per heavy atom. The standard InChI is InChI=1S/C18H15F2NO4S/c19-11-1-2-13(20)12(9-11)16(22)10-5-7-21(8-6-10)17(23)14-3-4-15(26-14)18(24)25/h1-4,9-10H,5-8H2,(H,24,25). The fourth-order valence-electron chi connectivity index (χ4n) is 2.97. The molecular formula is C18H15F2NO4S. The zero-order chi connectivity index (χ0) is 18.8. The van der Waals surface area contributed by atoms with Crippen LogP contribution in [-0.4, -0.2) is 40.8 Å². The number of carboxylic acids is 1. The minimum absolute atomic E-state index is 0.0833. The zero-order valence-corrected chi connectivity index (χ0v) is 14.4. The van der Waals surface area contributed by atoms with Crippen LogP contribution >= 0.6 is 11.3 Å². The summed E-state index contributed by atoms with van der Waals surface area (Å²) in [5.74, 6) is -3.74. The minimum atomic E-state index is -1.09. The molecule has 0 spiro atoms. The van der Waals surface area contributed by atoms with Gasteiger partial charge < -0.3 is 10.0 Å². The van der Waals surface area contributed by atoms with Crippen LogP contribution in [0.15, 0.2) is 30.3 Å². The number of hydrogen-bond acceptors (Lipinski definition) is 4. The molecular weight excluding hydrogens is 364 g/mol. The van der Waals surface area contributed by atoms with Crippen molar-refractivity contribution in [1.29, 1.82) is 0 Å². The van der Waals surface area contributed by atoms with Crippen LogP contribution in [0.2, 0.25) is 0 Å². The Hall–Kier alpha value is -2.61. The lowest BCUT2D eigenvalue weighted by Crippen LogP contribution is -2.40. The van der Waals surface area contributed by atoms with Gasteiger partial charge in [0.05, 0.1) is 10.4 Å². The van der Waals surface area contributed by atoms with Gasteiger partial charge in [0, 0.05) is 19.0 Å². The SMILES string of the molecule is O=C(O)c1ccc(C(=O)N2CCC(C(=O)c3cc(F)ccc3F)CC2)s1. The molecule has 1 saturated heterocycles. The predicted molar refractivity (Wildman–Crippen MR) is 90.6 cm³/mol. The summed E-state index contributed by atoms with van der Waals surface area (Å²) in [5, 5.41) is 8.93. The van der Waals surface area contributed by atoms with E-state index in [-0.39, 0.29) is 16.3 Å². The van der Waals surface area contributed by atoms with Crippen LogP contribution in [0, 0.1) is 17.6 Å². The highest BCUT2D eigenvalue weighted by molar-refractivity contribution is 7.15. The molecule has 0 aliphatic carbocycles. The van der Waals surface area contributed by atoms with Crippen molar-refractivity contribution in [1.82, 2.24) is 4.90 Å². The number of halogens is 2. The molecule has 0 saturated carbocycles. The molecule has 0 bridgehead atoms. The van der Waals surface area contributed by atoms with Gasteiger partial charge in [-0.25, -0.2) is 13.6 Å². The lowest BCUT2D eigenvalue weighted by atomic mass is 9.88. The van der Waals surface area contributed by atoms with Gasteiger partial charge in [-0.2, -0.15) is 0 Å². The maximum atomic E-state index is 13.8. The Labute approximate surface area is 151 Å². The predicted octanol–water partition coefficient (Wildman–Crippen LogP) is 3.46. The number of carboxylic acid groups (broad SMARTS) is 1. The van der Waals surface area contributed by atoms with Gasteiger partial charge in [0.1, 0.15) is 16.5 Å². The highest BCUT2D eigenvalue weighted by Gasteiger charge is 2.30. The first-order valence-corrected chi connectivity index (χ1v) is 8.80. The lowest BCUT2D eigenvalue weighted by molar-refractivity contribution is 0.0653. The van der Waals surface area contributed by atoms with E-state index < -0.39 is 29.3 Å². The van der Waals surface area contributed by atoms with Crippen LogP contribution < -0.4 is 0 Å². The number of rotatable bonds is 4. The molecule has 1 N–H and O–H groups in total. The maximum Gasteiger partial charge on any atom is 0.345 e. The number of piperidine rings is 1. The molecule has 1 aromatic heterocycles. The topological polar surface area (TPSA) is 74.7 Å². The first kappa shape index (κ1) is 18.2. The molecule has 136 valence electrons. The van der Waals surface area contributed by atoms with E-state index in [1.54, 1.807) is 4.90 Å².